The van der Waals surface area contributed by atoms with Crippen molar-refractivity contribution in [3.8, 4) is 11.4 Å². The molecule has 0 aliphatic heterocycles. The van der Waals surface area contributed by atoms with Gasteiger partial charge < -0.3 is 9.09 Å². The zero-order chi connectivity index (χ0) is 16.5. The van der Waals surface area contributed by atoms with E-state index in [2.05, 4.69) is 15.1 Å². The molecular weight excluding hydrogens is 328 g/mol. The van der Waals surface area contributed by atoms with Crippen LogP contribution in [-0.2, 0) is 6.54 Å². The maximum absolute atomic E-state index is 12.5. The Morgan fingerprint density at radius 3 is 2.88 bits per heavy atom. The van der Waals surface area contributed by atoms with Gasteiger partial charge in [-0.3, -0.25) is 9.78 Å². The van der Waals surface area contributed by atoms with Crippen LogP contribution in [0.1, 0.15) is 5.89 Å². The summed E-state index contributed by atoms with van der Waals surface area (Å²) in [4.78, 5) is 21.0. The van der Waals surface area contributed by atoms with Gasteiger partial charge >= 0.3 is 0 Å². The fourth-order valence-corrected chi connectivity index (χ4v) is 2.68. The Bertz CT molecular complexity index is 1090. The molecule has 4 aromatic rings. The van der Waals surface area contributed by atoms with E-state index in [0.29, 0.717) is 33.2 Å². The van der Waals surface area contributed by atoms with Gasteiger partial charge in [-0.2, -0.15) is 4.98 Å². The third-order valence-corrected chi connectivity index (χ3v) is 3.96. The van der Waals surface area contributed by atoms with Crippen molar-refractivity contribution in [3.63, 3.8) is 0 Å². The number of hydrogen-bond donors (Lipinski definition) is 0. The van der Waals surface area contributed by atoms with Gasteiger partial charge in [0.25, 0.3) is 5.56 Å². The minimum absolute atomic E-state index is 0.155. The van der Waals surface area contributed by atoms with E-state index in [1.165, 1.54) is 4.57 Å². The van der Waals surface area contributed by atoms with Gasteiger partial charge in [-0.25, -0.2) is 0 Å². The molecule has 0 N–H and O–H groups in total. The predicted octanol–water partition coefficient (Wildman–Crippen LogP) is 3.15. The van der Waals surface area contributed by atoms with Gasteiger partial charge in [0, 0.05) is 18.0 Å². The molecule has 6 nitrogen and oxygen atoms in total. The van der Waals surface area contributed by atoms with Crippen molar-refractivity contribution in [2.24, 2.45) is 0 Å². The number of rotatable bonds is 3. The lowest BCUT2D eigenvalue weighted by Gasteiger charge is -2.03. The van der Waals surface area contributed by atoms with Gasteiger partial charge in [0.15, 0.2) is 0 Å². The van der Waals surface area contributed by atoms with Crippen LogP contribution in [0.4, 0.5) is 0 Å². The lowest BCUT2D eigenvalue weighted by Crippen LogP contribution is -2.20. The smallest absolute Gasteiger partial charge is 0.260 e. The van der Waals surface area contributed by atoms with Crippen LogP contribution < -0.4 is 5.56 Å². The molecule has 0 bridgehead atoms. The van der Waals surface area contributed by atoms with Gasteiger partial charge in [0.1, 0.15) is 6.54 Å². The van der Waals surface area contributed by atoms with Crippen molar-refractivity contribution in [2.75, 3.05) is 0 Å². The lowest BCUT2D eigenvalue weighted by atomic mass is 10.2. The molecule has 0 spiro atoms. The maximum atomic E-state index is 12.5. The highest BCUT2D eigenvalue weighted by atomic mass is 35.5. The van der Waals surface area contributed by atoms with E-state index >= 15 is 0 Å². The molecule has 0 fully saturated rings. The number of aromatic nitrogens is 4. The van der Waals surface area contributed by atoms with Crippen molar-refractivity contribution in [2.45, 2.75) is 6.54 Å². The van der Waals surface area contributed by atoms with E-state index in [1.54, 1.807) is 36.7 Å². The molecule has 0 unspecified atom stereocenters. The normalized spacial score (nSPS) is 11.0. The summed E-state index contributed by atoms with van der Waals surface area (Å²) < 4.78 is 6.76. The third-order valence-electron chi connectivity index (χ3n) is 3.63. The molecule has 0 radical (unpaired) electrons. The average Bonchev–Trinajstić information content (AvgIpc) is 3.06. The first-order chi connectivity index (χ1) is 11.7. The van der Waals surface area contributed by atoms with E-state index in [-0.39, 0.29) is 12.1 Å². The lowest BCUT2D eigenvalue weighted by molar-refractivity contribution is 0.370. The summed E-state index contributed by atoms with van der Waals surface area (Å²) in [6.45, 7) is 0.182. The topological polar surface area (TPSA) is 73.8 Å². The Balaban J connectivity index is 1.69. The molecule has 0 atom stereocenters. The average molecular weight is 339 g/mol. The number of nitrogens with zero attached hydrogens (tertiary/aromatic N) is 4. The minimum Gasteiger partial charge on any atom is -0.337 e. The van der Waals surface area contributed by atoms with E-state index in [4.69, 9.17) is 16.1 Å². The molecule has 3 heterocycles. The second kappa shape index (κ2) is 5.90. The van der Waals surface area contributed by atoms with Crippen molar-refractivity contribution in [1.82, 2.24) is 19.7 Å². The highest BCUT2D eigenvalue weighted by Crippen LogP contribution is 2.24. The summed E-state index contributed by atoms with van der Waals surface area (Å²) >= 11 is 6.13. The quantitative estimate of drug-likeness (QED) is 0.573. The Morgan fingerprint density at radius 1 is 1.12 bits per heavy atom. The molecule has 0 amide bonds. The third kappa shape index (κ3) is 2.57. The molecule has 0 saturated heterocycles. The molecule has 0 aliphatic carbocycles. The SMILES string of the molecule is O=c1c2cccnc2ccn1Cc1nc(-c2ccccc2Cl)no1. The summed E-state index contributed by atoms with van der Waals surface area (Å²) in [5, 5.41) is 5.02. The molecular formula is C17H11ClN4O2. The first-order valence-electron chi connectivity index (χ1n) is 7.24. The van der Waals surface area contributed by atoms with E-state index in [9.17, 15) is 4.79 Å². The molecule has 118 valence electrons. The van der Waals surface area contributed by atoms with Gasteiger partial charge in [-0.05, 0) is 30.3 Å². The van der Waals surface area contributed by atoms with Crippen LogP contribution in [-0.4, -0.2) is 19.7 Å². The van der Waals surface area contributed by atoms with Crippen LogP contribution in [0.5, 0.6) is 0 Å². The second-order valence-corrected chi connectivity index (χ2v) is 5.58. The number of hydrogen-bond acceptors (Lipinski definition) is 5. The maximum Gasteiger partial charge on any atom is 0.260 e. The summed E-state index contributed by atoms with van der Waals surface area (Å²) in [6, 6.07) is 12.5. The number of pyridine rings is 2. The van der Waals surface area contributed by atoms with Crippen LogP contribution in [0.3, 0.4) is 0 Å². The molecule has 3 aromatic heterocycles. The highest BCUT2D eigenvalue weighted by molar-refractivity contribution is 6.33. The standard InChI is InChI=1S/C17H11ClN4O2/c18-13-6-2-1-4-11(13)16-20-15(24-21-16)10-22-9-7-14-12(17(22)23)5-3-8-19-14/h1-9H,10H2. The molecule has 0 saturated carbocycles. The number of benzene rings is 1. The fraction of sp³-hybridized carbons (Fsp3) is 0.0588. The van der Waals surface area contributed by atoms with Gasteiger partial charge in [0.2, 0.25) is 11.7 Å². The summed E-state index contributed by atoms with van der Waals surface area (Å²) in [7, 11) is 0. The molecule has 24 heavy (non-hydrogen) atoms. The van der Waals surface area contributed by atoms with E-state index in [0.717, 1.165) is 0 Å². The predicted molar refractivity (Wildman–Crippen MR) is 89.8 cm³/mol. The van der Waals surface area contributed by atoms with Crippen LogP contribution in [0.25, 0.3) is 22.3 Å². The van der Waals surface area contributed by atoms with Crippen LogP contribution >= 0.6 is 11.6 Å². The van der Waals surface area contributed by atoms with Crippen LogP contribution in [0.15, 0.2) is 64.2 Å². The number of halogens is 1. The van der Waals surface area contributed by atoms with Crippen molar-refractivity contribution < 1.29 is 4.52 Å². The van der Waals surface area contributed by atoms with Crippen molar-refractivity contribution >= 4 is 22.5 Å². The second-order valence-electron chi connectivity index (χ2n) is 5.18. The van der Waals surface area contributed by atoms with Crippen LogP contribution in [0.2, 0.25) is 5.02 Å². The number of fused-ring (bicyclic) bond motifs is 1. The van der Waals surface area contributed by atoms with Gasteiger partial charge in [-0.1, -0.05) is 28.9 Å². The van der Waals surface area contributed by atoms with Crippen molar-refractivity contribution in [3.05, 3.63) is 76.1 Å². The van der Waals surface area contributed by atoms with Crippen LogP contribution in [0, 0.1) is 0 Å². The first-order valence-corrected chi connectivity index (χ1v) is 7.62. The monoisotopic (exact) mass is 338 g/mol. The zero-order valence-electron chi connectivity index (χ0n) is 12.4. The molecule has 4 rings (SSSR count). The van der Waals surface area contributed by atoms with E-state index in [1.807, 2.05) is 18.2 Å². The Hall–Kier alpha value is -2.99. The Morgan fingerprint density at radius 2 is 2.00 bits per heavy atom. The summed E-state index contributed by atoms with van der Waals surface area (Å²) in [5.74, 6) is 0.723. The zero-order valence-corrected chi connectivity index (χ0v) is 13.1. The Kier molecular flexibility index (Phi) is 3.59. The summed E-state index contributed by atoms with van der Waals surface area (Å²) in [6.07, 6.45) is 3.32. The molecule has 1 aromatic carbocycles. The highest BCUT2D eigenvalue weighted by Gasteiger charge is 2.13. The van der Waals surface area contributed by atoms with E-state index < -0.39 is 0 Å². The summed E-state index contributed by atoms with van der Waals surface area (Å²) in [5.41, 5.74) is 1.18. The van der Waals surface area contributed by atoms with Crippen molar-refractivity contribution in [1.29, 1.82) is 0 Å². The molecule has 7 heteroatoms. The fourth-order valence-electron chi connectivity index (χ4n) is 2.46. The minimum atomic E-state index is -0.155. The largest absolute Gasteiger partial charge is 0.337 e. The van der Waals surface area contributed by atoms with Gasteiger partial charge in [-0.15, -0.1) is 0 Å². The first kappa shape index (κ1) is 14.6. The van der Waals surface area contributed by atoms with Gasteiger partial charge in [0.05, 0.1) is 15.9 Å². The molecule has 0 aliphatic rings. The Labute approximate surface area is 141 Å².